The van der Waals surface area contributed by atoms with E-state index in [9.17, 15) is 13.6 Å². The summed E-state index contributed by atoms with van der Waals surface area (Å²) in [6.45, 7) is 0.110. The molecule has 0 aliphatic rings. The Labute approximate surface area is 139 Å². The molecule has 3 rings (SSSR count). The molecule has 3 aromatic rings. The third-order valence-corrected chi connectivity index (χ3v) is 4.02. The second-order valence-corrected chi connectivity index (χ2v) is 5.84. The maximum atomic E-state index is 13.7. The molecule has 0 N–H and O–H groups in total. The van der Waals surface area contributed by atoms with Gasteiger partial charge in [0, 0.05) is 25.2 Å². The van der Waals surface area contributed by atoms with Crippen LogP contribution in [0.2, 0.25) is 0 Å². The van der Waals surface area contributed by atoms with Crippen LogP contribution in [0.5, 0.6) is 0 Å². The highest BCUT2D eigenvalue weighted by molar-refractivity contribution is 5.85. The number of halogens is 2. The smallest absolute Gasteiger partial charge is 0.227 e. The van der Waals surface area contributed by atoms with Gasteiger partial charge in [-0.2, -0.15) is 0 Å². The van der Waals surface area contributed by atoms with Crippen molar-refractivity contribution in [3.63, 3.8) is 0 Å². The normalized spacial score (nSPS) is 10.8. The maximum Gasteiger partial charge on any atom is 0.227 e. The Hall–Kier alpha value is -2.75. The van der Waals surface area contributed by atoms with E-state index in [1.165, 1.54) is 17.0 Å². The molecular weight excluding hydrogens is 308 g/mol. The number of rotatable bonds is 4. The molecule has 0 bridgehead atoms. The first-order valence-corrected chi connectivity index (χ1v) is 7.68. The molecule has 0 fully saturated rings. The minimum absolute atomic E-state index is 0.110. The molecule has 0 aliphatic heterocycles. The number of amides is 1. The maximum absolute atomic E-state index is 13.7. The van der Waals surface area contributed by atoms with E-state index in [0.29, 0.717) is 5.56 Å². The van der Waals surface area contributed by atoms with Crippen molar-refractivity contribution in [2.45, 2.75) is 13.0 Å². The lowest BCUT2D eigenvalue weighted by atomic mass is 10.0. The second-order valence-electron chi connectivity index (χ2n) is 5.84. The first kappa shape index (κ1) is 16.1. The molecule has 2 nitrogen and oxygen atoms in total. The van der Waals surface area contributed by atoms with Gasteiger partial charge in [-0.3, -0.25) is 4.79 Å². The van der Waals surface area contributed by atoms with E-state index in [0.717, 1.165) is 22.4 Å². The predicted octanol–water partition coefficient (Wildman–Crippen LogP) is 4.32. The summed E-state index contributed by atoms with van der Waals surface area (Å²) in [5.74, 6) is -1.38. The zero-order chi connectivity index (χ0) is 17.1. The molecule has 0 atom stereocenters. The van der Waals surface area contributed by atoms with Gasteiger partial charge >= 0.3 is 0 Å². The topological polar surface area (TPSA) is 20.3 Å². The van der Waals surface area contributed by atoms with Gasteiger partial charge in [0.15, 0.2) is 0 Å². The van der Waals surface area contributed by atoms with Crippen molar-refractivity contribution in [1.29, 1.82) is 0 Å². The minimum Gasteiger partial charge on any atom is -0.341 e. The first-order valence-electron chi connectivity index (χ1n) is 7.68. The van der Waals surface area contributed by atoms with Crippen molar-refractivity contribution in [3.8, 4) is 0 Å². The fraction of sp³-hybridized carbons (Fsp3) is 0.150. The lowest BCUT2D eigenvalue weighted by molar-refractivity contribution is -0.129. The van der Waals surface area contributed by atoms with E-state index < -0.39 is 11.6 Å². The summed E-state index contributed by atoms with van der Waals surface area (Å²) in [5, 5.41) is 2.20. The Bertz CT molecular complexity index is 892. The Kier molecular flexibility index (Phi) is 4.56. The summed E-state index contributed by atoms with van der Waals surface area (Å²) in [6, 6.07) is 17.2. The van der Waals surface area contributed by atoms with Gasteiger partial charge in [0.05, 0.1) is 6.42 Å². The number of hydrogen-bond acceptors (Lipinski definition) is 1. The molecule has 0 radical (unpaired) electrons. The number of fused-ring (bicyclic) bond motifs is 1. The zero-order valence-electron chi connectivity index (χ0n) is 13.3. The van der Waals surface area contributed by atoms with E-state index in [2.05, 4.69) is 0 Å². The van der Waals surface area contributed by atoms with Crippen molar-refractivity contribution in [2.24, 2.45) is 0 Å². The lowest BCUT2D eigenvalue weighted by Gasteiger charge is -2.18. The van der Waals surface area contributed by atoms with Crippen molar-refractivity contribution < 1.29 is 13.6 Å². The molecule has 1 amide bonds. The fourth-order valence-corrected chi connectivity index (χ4v) is 2.65. The lowest BCUT2D eigenvalue weighted by Crippen LogP contribution is -2.28. The van der Waals surface area contributed by atoms with E-state index in [-0.39, 0.29) is 18.9 Å². The third kappa shape index (κ3) is 3.59. The number of likely N-dealkylation sites (N-methyl/N-ethyl adjacent to an activating group) is 1. The number of benzene rings is 3. The predicted molar refractivity (Wildman–Crippen MR) is 90.5 cm³/mol. The van der Waals surface area contributed by atoms with E-state index in [1.54, 1.807) is 7.05 Å². The highest BCUT2D eigenvalue weighted by atomic mass is 19.1. The van der Waals surface area contributed by atoms with Crippen LogP contribution in [0.15, 0.2) is 60.7 Å². The van der Waals surface area contributed by atoms with Crippen LogP contribution in [-0.2, 0) is 17.8 Å². The standard InChI is InChI=1S/C20H17F2NO/c1-23(13-17-8-9-18(21)12-19(17)22)20(24)11-14-6-7-15-4-2-3-5-16(15)10-14/h2-10,12H,11,13H2,1H3. The van der Waals surface area contributed by atoms with Crippen LogP contribution in [0.1, 0.15) is 11.1 Å². The van der Waals surface area contributed by atoms with E-state index in [4.69, 9.17) is 0 Å². The number of hydrogen-bond donors (Lipinski definition) is 0. The molecule has 122 valence electrons. The number of carbonyl (C=O) groups is 1. The van der Waals surface area contributed by atoms with Crippen LogP contribution in [0.25, 0.3) is 10.8 Å². The summed E-state index contributed by atoms with van der Waals surface area (Å²) in [6.07, 6.45) is 0.240. The molecule has 0 saturated carbocycles. The molecule has 0 aliphatic carbocycles. The fourth-order valence-electron chi connectivity index (χ4n) is 2.65. The molecule has 0 saturated heterocycles. The largest absolute Gasteiger partial charge is 0.341 e. The summed E-state index contributed by atoms with van der Waals surface area (Å²) in [5.41, 5.74) is 1.20. The summed E-state index contributed by atoms with van der Waals surface area (Å²) >= 11 is 0. The average Bonchev–Trinajstić information content (AvgIpc) is 2.57. The van der Waals surface area contributed by atoms with Gasteiger partial charge in [0.1, 0.15) is 11.6 Å². The van der Waals surface area contributed by atoms with E-state index >= 15 is 0 Å². The Morgan fingerprint density at radius 1 is 0.958 bits per heavy atom. The SMILES string of the molecule is CN(Cc1ccc(F)cc1F)C(=O)Cc1ccc2ccccc2c1. The van der Waals surface area contributed by atoms with Crippen LogP contribution in [-0.4, -0.2) is 17.9 Å². The van der Waals surface area contributed by atoms with Crippen molar-refractivity contribution in [1.82, 2.24) is 4.90 Å². The average molecular weight is 325 g/mol. The molecule has 0 aromatic heterocycles. The monoisotopic (exact) mass is 325 g/mol. The van der Waals surface area contributed by atoms with Gasteiger partial charge in [-0.1, -0.05) is 48.5 Å². The summed E-state index contributed by atoms with van der Waals surface area (Å²) in [7, 11) is 1.62. The van der Waals surface area contributed by atoms with E-state index in [1.807, 2.05) is 42.5 Å². The van der Waals surface area contributed by atoms with Gasteiger partial charge in [0.2, 0.25) is 5.91 Å². The number of carbonyl (C=O) groups excluding carboxylic acids is 1. The summed E-state index contributed by atoms with van der Waals surface area (Å²) < 4.78 is 26.6. The number of nitrogens with zero attached hydrogens (tertiary/aromatic N) is 1. The van der Waals surface area contributed by atoms with Crippen LogP contribution >= 0.6 is 0 Å². The van der Waals surface area contributed by atoms with Gasteiger partial charge in [-0.15, -0.1) is 0 Å². The minimum atomic E-state index is -0.639. The molecule has 3 aromatic carbocycles. The quantitative estimate of drug-likeness (QED) is 0.699. The summed E-state index contributed by atoms with van der Waals surface area (Å²) in [4.78, 5) is 13.8. The van der Waals surface area contributed by atoms with Crippen molar-refractivity contribution in [3.05, 3.63) is 83.4 Å². The van der Waals surface area contributed by atoms with Gasteiger partial charge in [0.25, 0.3) is 0 Å². The van der Waals surface area contributed by atoms with Crippen LogP contribution in [0.3, 0.4) is 0 Å². The third-order valence-electron chi connectivity index (χ3n) is 4.02. The molecule has 0 unspecified atom stereocenters. The second kappa shape index (κ2) is 6.79. The van der Waals surface area contributed by atoms with Crippen LogP contribution < -0.4 is 0 Å². The highest BCUT2D eigenvalue weighted by Gasteiger charge is 2.13. The molecule has 0 spiro atoms. The molecule has 24 heavy (non-hydrogen) atoms. The van der Waals surface area contributed by atoms with Crippen molar-refractivity contribution >= 4 is 16.7 Å². The zero-order valence-corrected chi connectivity index (χ0v) is 13.3. The van der Waals surface area contributed by atoms with Gasteiger partial charge in [-0.25, -0.2) is 8.78 Å². The Balaban J connectivity index is 1.70. The Morgan fingerprint density at radius 3 is 2.46 bits per heavy atom. The molecule has 0 heterocycles. The van der Waals surface area contributed by atoms with Crippen molar-refractivity contribution in [2.75, 3.05) is 7.05 Å². The van der Waals surface area contributed by atoms with Crippen LogP contribution in [0.4, 0.5) is 8.78 Å². The molecule has 4 heteroatoms. The first-order chi connectivity index (χ1) is 11.5. The van der Waals surface area contributed by atoms with Crippen LogP contribution in [0, 0.1) is 11.6 Å². The van der Waals surface area contributed by atoms with Gasteiger partial charge in [-0.05, 0) is 22.4 Å². The Morgan fingerprint density at radius 2 is 1.71 bits per heavy atom. The molecular formula is C20H17F2NO. The van der Waals surface area contributed by atoms with Gasteiger partial charge < -0.3 is 4.90 Å². The highest BCUT2D eigenvalue weighted by Crippen LogP contribution is 2.17.